The van der Waals surface area contributed by atoms with Crippen LogP contribution in [0.4, 0.5) is 0 Å². The average Bonchev–Trinajstić information content (AvgIpc) is 1.94. The molecule has 0 aromatic heterocycles. The van der Waals surface area contributed by atoms with E-state index in [1.807, 2.05) is 0 Å². The van der Waals surface area contributed by atoms with E-state index in [4.69, 9.17) is 0 Å². The topological polar surface area (TPSA) is 0 Å². The summed E-state index contributed by atoms with van der Waals surface area (Å²) in [6.07, 6.45) is 9.00. The monoisotopic (exact) mass is 108 g/mol. The Morgan fingerprint density at radius 1 is 1.62 bits per heavy atom. The Hall–Kier alpha value is -0.260. The van der Waals surface area contributed by atoms with Crippen molar-refractivity contribution in [2.75, 3.05) is 0 Å². The van der Waals surface area contributed by atoms with E-state index in [9.17, 15) is 0 Å². The molecule has 44 valence electrons. The predicted molar refractivity (Wildman–Crippen MR) is 34.6 cm³/mol. The van der Waals surface area contributed by atoms with Crippen LogP contribution >= 0.6 is 0 Å². The van der Waals surface area contributed by atoms with Crippen LogP contribution in [0.1, 0.15) is 26.2 Å². The maximum atomic E-state index is 2.40. The highest BCUT2D eigenvalue weighted by Crippen LogP contribution is 2.53. The second-order valence-corrected chi connectivity index (χ2v) is 3.43. The fourth-order valence-electron chi connectivity index (χ4n) is 1.89. The molecule has 1 fully saturated rings. The summed E-state index contributed by atoms with van der Waals surface area (Å²) in [5.41, 5.74) is 0.722. The highest BCUT2D eigenvalue weighted by molar-refractivity contribution is 5.12. The van der Waals surface area contributed by atoms with Gasteiger partial charge in [0.2, 0.25) is 0 Å². The Labute approximate surface area is 50.6 Å². The predicted octanol–water partition coefficient (Wildman–Crippen LogP) is 2.36. The fourth-order valence-corrected chi connectivity index (χ4v) is 1.89. The number of hydrogen-bond donors (Lipinski definition) is 0. The van der Waals surface area contributed by atoms with E-state index in [1.54, 1.807) is 0 Å². The minimum atomic E-state index is 0.722. The molecule has 0 spiro atoms. The van der Waals surface area contributed by atoms with Gasteiger partial charge >= 0.3 is 0 Å². The van der Waals surface area contributed by atoms with Crippen molar-refractivity contribution in [2.45, 2.75) is 26.2 Å². The van der Waals surface area contributed by atoms with Crippen LogP contribution < -0.4 is 0 Å². The minimum Gasteiger partial charge on any atom is -0.0877 e. The van der Waals surface area contributed by atoms with E-state index in [0.29, 0.717) is 0 Å². The van der Waals surface area contributed by atoms with Crippen molar-refractivity contribution < 1.29 is 0 Å². The molecule has 0 heterocycles. The van der Waals surface area contributed by atoms with Crippen molar-refractivity contribution >= 4 is 0 Å². The SMILES string of the molecule is C[C@]12CC=C[C@@H]1CC2. The Morgan fingerprint density at radius 2 is 2.50 bits per heavy atom. The molecule has 0 unspecified atom stereocenters. The molecular weight excluding hydrogens is 96.1 g/mol. The average molecular weight is 108 g/mol. The minimum absolute atomic E-state index is 0.722. The summed E-state index contributed by atoms with van der Waals surface area (Å²) in [4.78, 5) is 0. The van der Waals surface area contributed by atoms with E-state index in [-0.39, 0.29) is 0 Å². The summed E-state index contributed by atoms with van der Waals surface area (Å²) in [6, 6.07) is 0. The van der Waals surface area contributed by atoms with Crippen LogP contribution in [0.2, 0.25) is 0 Å². The molecule has 0 aromatic carbocycles. The van der Waals surface area contributed by atoms with Gasteiger partial charge in [-0.25, -0.2) is 0 Å². The summed E-state index contributed by atoms with van der Waals surface area (Å²) >= 11 is 0. The molecule has 0 heteroatoms. The zero-order chi connectivity index (χ0) is 5.61. The Kier molecular flexibility index (Phi) is 0.677. The molecule has 0 amide bonds. The zero-order valence-electron chi connectivity index (χ0n) is 5.35. The van der Waals surface area contributed by atoms with Gasteiger partial charge in [-0.1, -0.05) is 19.1 Å². The lowest BCUT2D eigenvalue weighted by atomic mass is 9.63. The first-order valence-corrected chi connectivity index (χ1v) is 3.48. The zero-order valence-corrected chi connectivity index (χ0v) is 5.35. The third-order valence-electron chi connectivity index (χ3n) is 2.87. The van der Waals surface area contributed by atoms with Crippen molar-refractivity contribution in [2.24, 2.45) is 11.3 Å². The van der Waals surface area contributed by atoms with Gasteiger partial charge in [-0.05, 0) is 30.6 Å². The van der Waals surface area contributed by atoms with Gasteiger partial charge in [0.15, 0.2) is 0 Å². The summed E-state index contributed by atoms with van der Waals surface area (Å²) in [5.74, 6) is 0.961. The smallest absolute Gasteiger partial charge is 0.0176 e. The van der Waals surface area contributed by atoms with E-state index < -0.39 is 0 Å². The van der Waals surface area contributed by atoms with Crippen LogP contribution in [0, 0.1) is 11.3 Å². The first-order chi connectivity index (χ1) is 3.81. The molecule has 2 aliphatic rings. The summed E-state index contributed by atoms with van der Waals surface area (Å²) in [7, 11) is 0. The van der Waals surface area contributed by atoms with Crippen molar-refractivity contribution in [3.63, 3.8) is 0 Å². The third-order valence-corrected chi connectivity index (χ3v) is 2.87. The molecule has 0 aromatic rings. The normalized spacial score (nSPS) is 50.9. The highest BCUT2D eigenvalue weighted by Gasteiger charge is 2.42. The number of allylic oxidation sites excluding steroid dienone is 2. The van der Waals surface area contributed by atoms with Crippen molar-refractivity contribution in [1.82, 2.24) is 0 Å². The molecular formula is C8H12. The van der Waals surface area contributed by atoms with Crippen LogP contribution in [0.3, 0.4) is 0 Å². The maximum absolute atomic E-state index is 2.40. The highest BCUT2D eigenvalue weighted by atomic mass is 14.5. The Morgan fingerprint density at radius 3 is 2.75 bits per heavy atom. The lowest BCUT2D eigenvalue weighted by molar-refractivity contribution is 0.109. The van der Waals surface area contributed by atoms with Crippen molar-refractivity contribution in [1.29, 1.82) is 0 Å². The summed E-state index contributed by atoms with van der Waals surface area (Å²) < 4.78 is 0. The lowest BCUT2D eigenvalue weighted by Crippen LogP contribution is -2.32. The van der Waals surface area contributed by atoms with Crippen molar-refractivity contribution in [3.8, 4) is 0 Å². The van der Waals surface area contributed by atoms with Crippen LogP contribution in [-0.2, 0) is 0 Å². The molecule has 0 aliphatic heterocycles. The van der Waals surface area contributed by atoms with E-state index >= 15 is 0 Å². The first-order valence-electron chi connectivity index (χ1n) is 3.48. The molecule has 0 N–H and O–H groups in total. The maximum Gasteiger partial charge on any atom is -0.0176 e. The van der Waals surface area contributed by atoms with Crippen LogP contribution in [0.25, 0.3) is 0 Å². The van der Waals surface area contributed by atoms with Crippen LogP contribution in [0.15, 0.2) is 12.2 Å². The second-order valence-electron chi connectivity index (χ2n) is 3.43. The molecule has 0 radical (unpaired) electrons. The van der Waals surface area contributed by atoms with E-state index in [1.165, 1.54) is 19.3 Å². The van der Waals surface area contributed by atoms with Crippen molar-refractivity contribution in [3.05, 3.63) is 12.2 Å². The molecule has 2 atom stereocenters. The van der Waals surface area contributed by atoms with Gasteiger partial charge < -0.3 is 0 Å². The van der Waals surface area contributed by atoms with Crippen LogP contribution in [-0.4, -0.2) is 0 Å². The van der Waals surface area contributed by atoms with Crippen LogP contribution in [0.5, 0.6) is 0 Å². The number of fused-ring (bicyclic) bond motifs is 1. The molecule has 0 bridgehead atoms. The molecule has 0 saturated heterocycles. The van der Waals surface area contributed by atoms with Gasteiger partial charge in [0.1, 0.15) is 0 Å². The number of rotatable bonds is 0. The quantitative estimate of drug-likeness (QED) is 0.418. The largest absolute Gasteiger partial charge is 0.0877 e. The van der Waals surface area contributed by atoms with E-state index in [2.05, 4.69) is 19.1 Å². The molecule has 2 rings (SSSR count). The first kappa shape index (κ1) is 4.60. The summed E-state index contributed by atoms with van der Waals surface area (Å²) in [5, 5.41) is 0. The molecule has 2 aliphatic carbocycles. The lowest BCUT2D eigenvalue weighted by Gasteiger charge is -2.41. The van der Waals surface area contributed by atoms with Gasteiger partial charge in [0.25, 0.3) is 0 Å². The molecule has 8 heavy (non-hydrogen) atoms. The Balaban J connectivity index is 2.22. The van der Waals surface area contributed by atoms with Gasteiger partial charge in [0.05, 0.1) is 0 Å². The number of hydrogen-bond acceptors (Lipinski definition) is 0. The Bertz CT molecular complexity index is 135. The van der Waals surface area contributed by atoms with Gasteiger partial charge in [-0.3, -0.25) is 0 Å². The fraction of sp³-hybridized carbons (Fsp3) is 0.750. The standard InChI is InChI=1S/C8H12/c1-8-5-2-3-7(8)4-6-8/h2-3,7H,4-6H2,1H3/t7-,8-/m1/s1. The van der Waals surface area contributed by atoms with Gasteiger partial charge in [-0.2, -0.15) is 0 Å². The molecule has 1 saturated carbocycles. The second kappa shape index (κ2) is 1.18. The van der Waals surface area contributed by atoms with Gasteiger partial charge in [-0.15, -0.1) is 0 Å². The third kappa shape index (κ3) is 0.367. The van der Waals surface area contributed by atoms with E-state index in [0.717, 1.165) is 11.3 Å². The summed E-state index contributed by atoms with van der Waals surface area (Å²) in [6.45, 7) is 2.40. The molecule has 0 nitrogen and oxygen atoms in total. The van der Waals surface area contributed by atoms with Gasteiger partial charge in [0, 0.05) is 0 Å².